The van der Waals surface area contributed by atoms with Crippen LogP contribution in [-0.2, 0) is 10.0 Å². The highest BCUT2D eigenvalue weighted by molar-refractivity contribution is 7.92. The molecule has 118 valence electrons. The minimum atomic E-state index is -3.68. The van der Waals surface area contributed by atoms with Crippen LogP contribution in [0.4, 0.5) is 0 Å². The highest BCUT2D eigenvalue weighted by atomic mass is 32.2. The number of rotatable bonds is 5. The van der Waals surface area contributed by atoms with Crippen LogP contribution < -0.4 is 4.74 Å². The number of sulfonamides is 1. The second-order valence-corrected chi connectivity index (χ2v) is 7.58. The van der Waals surface area contributed by atoms with Gasteiger partial charge in [0.2, 0.25) is 0 Å². The number of thiophene rings is 1. The molecule has 2 aromatic carbocycles. The van der Waals surface area contributed by atoms with Crippen LogP contribution in [0.3, 0.4) is 0 Å². The molecule has 3 aromatic rings. The minimum absolute atomic E-state index is 0.229. The van der Waals surface area contributed by atoms with Crippen molar-refractivity contribution in [2.45, 2.75) is 11.1 Å². The Labute approximate surface area is 139 Å². The Hall–Kier alpha value is -2.18. The summed E-state index contributed by atoms with van der Waals surface area (Å²) in [6.07, 6.45) is 1.38. The Morgan fingerprint density at radius 3 is 2.70 bits per heavy atom. The molecule has 0 radical (unpaired) electrons. The molecule has 0 aliphatic heterocycles. The zero-order chi connectivity index (χ0) is 16.3. The van der Waals surface area contributed by atoms with Crippen LogP contribution in [0.2, 0.25) is 0 Å². The van der Waals surface area contributed by atoms with Crippen molar-refractivity contribution in [1.82, 2.24) is 0 Å². The summed E-state index contributed by atoms with van der Waals surface area (Å²) in [7, 11) is -3.68. The first kappa shape index (κ1) is 15.7. The summed E-state index contributed by atoms with van der Waals surface area (Å²) in [6.45, 7) is 2.38. The van der Waals surface area contributed by atoms with Gasteiger partial charge in [0.15, 0.2) is 0 Å². The molecule has 0 amide bonds. The Kier molecular flexibility index (Phi) is 4.45. The summed E-state index contributed by atoms with van der Waals surface area (Å²) in [5, 5.41) is 3.63. The fraction of sp³-hybridized carbons (Fsp3) is 0.118. The van der Waals surface area contributed by atoms with Crippen molar-refractivity contribution < 1.29 is 13.2 Å². The van der Waals surface area contributed by atoms with E-state index in [1.165, 1.54) is 6.21 Å². The molecule has 0 fully saturated rings. The molecule has 0 atom stereocenters. The molecular weight excluding hydrogens is 330 g/mol. The fourth-order valence-corrected chi connectivity index (χ4v) is 4.10. The van der Waals surface area contributed by atoms with E-state index in [4.69, 9.17) is 4.74 Å². The van der Waals surface area contributed by atoms with Gasteiger partial charge in [0.25, 0.3) is 10.0 Å². The molecule has 1 aromatic heterocycles. The van der Waals surface area contributed by atoms with Crippen molar-refractivity contribution >= 4 is 38.3 Å². The van der Waals surface area contributed by atoms with E-state index in [1.807, 2.05) is 43.3 Å². The van der Waals surface area contributed by atoms with Crippen LogP contribution in [0, 0.1) is 0 Å². The molecule has 0 saturated heterocycles. The Morgan fingerprint density at radius 1 is 1.13 bits per heavy atom. The van der Waals surface area contributed by atoms with E-state index in [-0.39, 0.29) is 4.21 Å². The molecule has 1 heterocycles. The number of hydrogen-bond acceptors (Lipinski definition) is 4. The standard InChI is InChI=1S/C17H15NO3S2/c1-2-21-16-10-9-13-6-3-4-7-14(13)15(16)12-18-23(19,20)17-8-5-11-22-17/h3-12H,2H2,1H3/b18-12-. The molecule has 3 rings (SSSR count). The Morgan fingerprint density at radius 2 is 1.96 bits per heavy atom. The summed E-state index contributed by atoms with van der Waals surface area (Å²) in [5.41, 5.74) is 0.671. The molecule has 0 spiro atoms. The maximum Gasteiger partial charge on any atom is 0.291 e. The normalized spacial score (nSPS) is 12.0. The summed E-state index contributed by atoms with van der Waals surface area (Å²) in [6, 6.07) is 14.8. The predicted molar refractivity (Wildman–Crippen MR) is 94.2 cm³/mol. The maximum absolute atomic E-state index is 12.2. The predicted octanol–water partition coefficient (Wildman–Crippen LogP) is 4.11. The van der Waals surface area contributed by atoms with E-state index < -0.39 is 10.0 Å². The summed E-state index contributed by atoms with van der Waals surface area (Å²) in [4.78, 5) is 0. The number of ether oxygens (including phenoxy) is 1. The highest BCUT2D eigenvalue weighted by Crippen LogP contribution is 2.27. The number of nitrogens with zero attached hydrogens (tertiary/aromatic N) is 1. The van der Waals surface area contributed by atoms with Crippen molar-refractivity contribution in [2.75, 3.05) is 6.61 Å². The van der Waals surface area contributed by atoms with Gasteiger partial charge in [-0.1, -0.05) is 36.4 Å². The highest BCUT2D eigenvalue weighted by Gasteiger charge is 2.14. The Balaban J connectivity index is 2.11. The monoisotopic (exact) mass is 345 g/mol. The number of fused-ring (bicyclic) bond motifs is 1. The fourth-order valence-electron chi connectivity index (χ4n) is 2.27. The molecule has 23 heavy (non-hydrogen) atoms. The molecule has 6 heteroatoms. The van der Waals surface area contributed by atoms with E-state index in [0.717, 1.165) is 22.1 Å². The van der Waals surface area contributed by atoms with E-state index in [0.29, 0.717) is 17.9 Å². The van der Waals surface area contributed by atoms with Gasteiger partial charge in [-0.05, 0) is 35.2 Å². The molecule has 0 aliphatic carbocycles. The SMILES string of the molecule is CCOc1ccc2ccccc2c1/C=N\S(=O)(=O)c1cccs1. The molecule has 4 nitrogen and oxygen atoms in total. The first-order valence-corrected chi connectivity index (χ1v) is 9.42. The molecule has 0 saturated carbocycles. The number of hydrogen-bond donors (Lipinski definition) is 0. The average molecular weight is 345 g/mol. The first-order chi connectivity index (χ1) is 11.1. The van der Waals surface area contributed by atoms with Gasteiger partial charge in [0, 0.05) is 5.56 Å². The van der Waals surface area contributed by atoms with Crippen molar-refractivity contribution in [1.29, 1.82) is 0 Å². The lowest BCUT2D eigenvalue weighted by Gasteiger charge is -2.10. The number of benzene rings is 2. The van der Waals surface area contributed by atoms with Crippen LogP contribution in [0.25, 0.3) is 10.8 Å². The van der Waals surface area contributed by atoms with Crippen molar-refractivity contribution in [3.05, 3.63) is 59.5 Å². The van der Waals surface area contributed by atoms with Gasteiger partial charge in [0.1, 0.15) is 9.96 Å². The van der Waals surface area contributed by atoms with Crippen molar-refractivity contribution in [2.24, 2.45) is 4.40 Å². The van der Waals surface area contributed by atoms with Crippen LogP contribution in [0.15, 0.2) is 62.5 Å². The summed E-state index contributed by atoms with van der Waals surface area (Å²) in [5.74, 6) is 0.622. The van der Waals surface area contributed by atoms with Gasteiger partial charge in [0.05, 0.1) is 12.8 Å². The summed E-state index contributed by atoms with van der Waals surface area (Å²) >= 11 is 1.15. The second-order valence-electron chi connectivity index (χ2n) is 4.77. The smallest absolute Gasteiger partial charge is 0.291 e. The molecular formula is C17H15NO3S2. The van der Waals surface area contributed by atoms with Crippen molar-refractivity contribution in [3.63, 3.8) is 0 Å². The molecule has 0 aliphatic rings. The molecule has 0 bridgehead atoms. The third-order valence-corrected chi connectivity index (χ3v) is 5.91. The lowest BCUT2D eigenvalue weighted by atomic mass is 10.0. The zero-order valence-corrected chi connectivity index (χ0v) is 14.1. The Bertz CT molecular complexity index is 945. The lowest BCUT2D eigenvalue weighted by molar-refractivity contribution is 0.340. The van der Waals surface area contributed by atoms with E-state index >= 15 is 0 Å². The van der Waals surface area contributed by atoms with Gasteiger partial charge in [-0.2, -0.15) is 12.8 Å². The van der Waals surface area contributed by atoms with Crippen LogP contribution >= 0.6 is 11.3 Å². The topological polar surface area (TPSA) is 55.7 Å². The van der Waals surface area contributed by atoms with Crippen LogP contribution in [0.1, 0.15) is 12.5 Å². The second kappa shape index (κ2) is 6.52. The first-order valence-electron chi connectivity index (χ1n) is 7.10. The van der Waals surface area contributed by atoms with E-state index in [2.05, 4.69) is 4.40 Å². The summed E-state index contributed by atoms with van der Waals surface area (Å²) < 4.78 is 34.2. The largest absolute Gasteiger partial charge is 0.493 e. The van der Waals surface area contributed by atoms with E-state index in [9.17, 15) is 8.42 Å². The molecule has 0 unspecified atom stereocenters. The van der Waals surface area contributed by atoms with Gasteiger partial charge >= 0.3 is 0 Å². The minimum Gasteiger partial charge on any atom is -0.493 e. The van der Waals surface area contributed by atoms with Gasteiger partial charge in [-0.15, -0.1) is 11.3 Å². The maximum atomic E-state index is 12.2. The van der Waals surface area contributed by atoms with E-state index in [1.54, 1.807) is 17.5 Å². The third kappa shape index (κ3) is 3.28. The van der Waals surface area contributed by atoms with Crippen LogP contribution in [-0.4, -0.2) is 21.2 Å². The van der Waals surface area contributed by atoms with Crippen LogP contribution in [0.5, 0.6) is 5.75 Å². The van der Waals surface area contributed by atoms with Crippen molar-refractivity contribution in [3.8, 4) is 5.75 Å². The lowest BCUT2D eigenvalue weighted by Crippen LogP contribution is -1.99. The third-order valence-electron chi connectivity index (χ3n) is 3.30. The quantitative estimate of drug-likeness (QED) is 0.654. The van der Waals surface area contributed by atoms with Gasteiger partial charge < -0.3 is 4.74 Å². The zero-order valence-electron chi connectivity index (χ0n) is 12.5. The van der Waals surface area contributed by atoms with Gasteiger partial charge in [-0.3, -0.25) is 0 Å². The molecule has 0 N–H and O–H groups in total. The van der Waals surface area contributed by atoms with Gasteiger partial charge in [-0.25, -0.2) is 0 Å². The average Bonchev–Trinajstić information content (AvgIpc) is 3.09.